The van der Waals surface area contributed by atoms with Gasteiger partial charge in [-0.15, -0.1) is 0 Å². The number of anilines is 1. The first-order valence-electron chi connectivity index (χ1n) is 12.2. The summed E-state index contributed by atoms with van der Waals surface area (Å²) in [5, 5.41) is 0. The summed E-state index contributed by atoms with van der Waals surface area (Å²) < 4.78 is 17.6. The number of halogens is 1. The molecule has 190 valence electrons. The van der Waals surface area contributed by atoms with Gasteiger partial charge in [-0.1, -0.05) is 36.4 Å². The number of nitrogens with zero attached hydrogens (tertiary/aromatic N) is 1. The Balaban J connectivity index is 1.45. The van der Waals surface area contributed by atoms with Crippen molar-refractivity contribution in [3.05, 3.63) is 124 Å². The second-order valence-corrected chi connectivity index (χ2v) is 9.38. The van der Waals surface area contributed by atoms with Crippen molar-refractivity contribution in [3.8, 4) is 23.0 Å². The summed E-state index contributed by atoms with van der Waals surface area (Å²) in [5.74, 6) is 2.81. The van der Waals surface area contributed by atoms with E-state index in [4.69, 9.17) is 14.2 Å². The largest absolute Gasteiger partial charge is 0.497 e. The molecule has 0 N–H and O–H groups in total. The van der Waals surface area contributed by atoms with E-state index < -0.39 is 0 Å². The first-order chi connectivity index (χ1) is 18.6. The van der Waals surface area contributed by atoms with Crippen LogP contribution in [-0.2, 0) is 4.79 Å². The van der Waals surface area contributed by atoms with Crippen molar-refractivity contribution in [1.82, 2.24) is 0 Å². The first kappa shape index (κ1) is 25.4. The van der Waals surface area contributed by atoms with Crippen molar-refractivity contribution in [2.75, 3.05) is 18.6 Å². The Morgan fingerprint density at radius 1 is 0.842 bits per heavy atom. The van der Waals surface area contributed by atoms with E-state index in [1.807, 2.05) is 116 Å². The third kappa shape index (κ3) is 5.50. The second kappa shape index (κ2) is 11.4. The van der Waals surface area contributed by atoms with Crippen LogP contribution in [0, 0.1) is 0 Å². The van der Waals surface area contributed by atoms with Crippen LogP contribution in [0.25, 0.3) is 11.8 Å². The molecule has 4 aromatic rings. The van der Waals surface area contributed by atoms with Gasteiger partial charge in [0, 0.05) is 11.3 Å². The molecule has 1 aliphatic heterocycles. The normalized spacial score (nSPS) is 14.0. The number of methoxy groups -OCH3 is 1. The van der Waals surface area contributed by atoms with Crippen molar-refractivity contribution in [1.29, 1.82) is 0 Å². The first-order valence-corrected chi connectivity index (χ1v) is 13.0. The highest BCUT2D eigenvalue weighted by Crippen LogP contribution is 2.37. The summed E-state index contributed by atoms with van der Waals surface area (Å²) in [6.45, 7) is 2.53. The van der Waals surface area contributed by atoms with Gasteiger partial charge < -0.3 is 14.2 Å². The summed E-state index contributed by atoms with van der Waals surface area (Å²) in [5.41, 5.74) is 4.02. The molecule has 5 nitrogen and oxygen atoms in total. The zero-order valence-electron chi connectivity index (χ0n) is 21.1. The minimum absolute atomic E-state index is 0.0994. The summed E-state index contributed by atoms with van der Waals surface area (Å²) >= 11 is 3.56. The fraction of sp³-hybridized carbons (Fsp3) is 0.0938. The topological polar surface area (TPSA) is 48.0 Å². The van der Waals surface area contributed by atoms with Gasteiger partial charge in [-0.2, -0.15) is 0 Å². The lowest BCUT2D eigenvalue weighted by molar-refractivity contribution is -0.113. The maximum absolute atomic E-state index is 13.7. The average Bonchev–Trinajstić information content (AvgIpc) is 3.27. The van der Waals surface area contributed by atoms with Crippen LogP contribution in [0.3, 0.4) is 0 Å². The SMILES string of the molecule is CCOc1ccc(/C=C2\C=C(c3ccccc3)N(c3ccc(Oc4ccc(OC)cc4)cc3)C2=O)cc1Br. The minimum Gasteiger partial charge on any atom is -0.497 e. The fourth-order valence-corrected chi connectivity index (χ4v) is 4.71. The third-order valence-electron chi connectivity index (χ3n) is 6.02. The second-order valence-electron chi connectivity index (χ2n) is 8.53. The molecule has 1 amide bonds. The molecule has 1 heterocycles. The summed E-state index contributed by atoms with van der Waals surface area (Å²) in [6.07, 6.45) is 3.83. The Bertz CT molecular complexity index is 1490. The molecule has 0 aliphatic carbocycles. The lowest BCUT2D eigenvalue weighted by Gasteiger charge is -2.21. The van der Waals surface area contributed by atoms with E-state index in [-0.39, 0.29) is 5.91 Å². The van der Waals surface area contributed by atoms with Crippen LogP contribution in [-0.4, -0.2) is 19.6 Å². The molecule has 1 aliphatic rings. The van der Waals surface area contributed by atoms with Crippen LogP contribution in [0.2, 0.25) is 0 Å². The Morgan fingerprint density at radius 2 is 1.50 bits per heavy atom. The number of benzene rings is 4. The molecule has 38 heavy (non-hydrogen) atoms. The van der Waals surface area contributed by atoms with Crippen LogP contribution in [0.5, 0.6) is 23.0 Å². The molecule has 0 aromatic heterocycles. The van der Waals surface area contributed by atoms with Gasteiger partial charge in [0.1, 0.15) is 23.0 Å². The van der Waals surface area contributed by atoms with Crippen molar-refractivity contribution in [2.45, 2.75) is 6.92 Å². The Hall–Kier alpha value is -4.29. The minimum atomic E-state index is -0.0994. The lowest BCUT2D eigenvalue weighted by Crippen LogP contribution is -2.24. The lowest BCUT2D eigenvalue weighted by atomic mass is 10.1. The molecule has 0 saturated carbocycles. The average molecular weight is 568 g/mol. The van der Waals surface area contributed by atoms with Gasteiger partial charge in [-0.25, -0.2) is 0 Å². The monoisotopic (exact) mass is 567 g/mol. The predicted molar refractivity (Wildman–Crippen MR) is 155 cm³/mol. The maximum atomic E-state index is 13.7. The van der Waals surface area contributed by atoms with Crippen LogP contribution in [0.4, 0.5) is 5.69 Å². The fourth-order valence-electron chi connectivity index (χ4n) is 4.20. The molecule has 0 bridgehead atoms. The molecular weight excluding hydrogens is 542 g/mol. The Labute approximate surface area is 230 Å². The van der Waals surface area contributed by atoms with Crippen molar-refractivity contribution >= 4 is 39.3 Å². The van der Waals surface area contributed by atoms with Crippen molar-refractivity contribution < 1.29 is 19.0 Å². The van der Waals surface area contributed by atoms with Gasteiger partial charge in [0.05, 0.1) is 23.9 Å². The molecule has 0 radical (unpaired) electrons. The number of hydrogen-bond acceptors (Lipinski definition) is 4. The molecule has 0 saturated heterocycles. The van der Waals surface area contributed by atoms with Crippen LogP contribution in [0.15, 0.2) is 113 Å². The summed E-state index contributed by atoms with van der Waals surface area (Å²) in [6, 6.07) is 30.6. The number of amides is 1. The standard InChI is InChI=1S/C32H26BrNO4/c1-3-37-31-18-9-22(20-29(31)33)19-24-21-30(23-7-5-4-6-8-23)34(32(24)35)25-10-12-27(13-11-25)38-28-16-14-26(36-2)15-17-28/h4-21H,3H2,1-2H3/b24-19+. The van der Waals surface area contributed by atoms with Gasteiger partial charge in [0.2, 0.25) is 0 Å². The molecule has 0 spiro atoms. The smallest absolute Gasteiger partial charge is 0.262 e. The van der Waals surface area contributed by atoms with Gasteiger partial charge in [-0.05, 0) is 107 Å². The molecular formula is C32H26BrNO4. The van der Waals surface area contributed by atoms with E-state index in [2.05, 4.69) is 15.9 Å². The van der Waals surface area contributed by atoms with E-state index in [0.717, 1.165) is 38.5 Å². The van der Waals surface area contributed by atoms with Crippen LogP contribution >= 0.6 is 15.9 Å². The number of ether oxygens (including phenoxy) is 3. The van der Waals surface area contributed by atoms with E-state index >= 15 is 0 Å². The highest BCUT2D eigenvalue weighted by molar-refractivity contribution is 9.10. The van der Waals surface area contributed by atoms with E-state index in [0.29, 0.717) is 23.7 Å². The van der Waals surface area contributed by atoms with Crippen LogP contribution in [0.1, 0.15) is 18.1 Å². The van der Waals surface area contributed by atoms with Gasteiger partial charge in [-0.3, -0.25) is 9.69 Å². The molecule has 6 heteroatoms. The quantitative estimate of drug-likeness (QED) is 0.202. The highest BCUT2D eigenvalue weighted by atomic mass is 79.9. The third-order valence-corrected chi connectivity index (χ3v) is 6.64. The van der Waals surface area contributed by atoms with Gasteiger partial charge >= 0.3 is 0 Å². The molecule has 0 fully saturated rings. The van der Waals surface area contributed by atoms with E-state index in [9.17, 15) is 4.79 Å². The van der Waals surface area contributed by atoms with E-state index in [1.165, 1.54) is 0 Å². The zero-order valence-corrected chi connectivity index (χ0v) is 22.6. The predicted octanol–water partition coefficient (Wildman–Crippen LogP) is 8.12. The maximum Gasteiger partial charge on any atom is 0.262 e. The number of carbonyl (C=O) groups is 1. The van der Waals surface area contributed by atoms with Gasteiger partial charge in [0.15, 0.2) is 0 Å². The van der Waals surface area contributed by atoms with Crippen molar-refractivity contribution in [2.24, 2.45) is 0 Å². The molecule has 0 atom stereocenters. The summed E-state index contributed by atoms with van der Waals surface area (Å²) in [4.78, 5) is 15.4. The molecule has 0 unspecified atom stereocenters. The summed E-state index contributed by atoms with van der Waals surface area (Å²) in [7, 11) is 1.63. The zero-order chi connectivity index (χ0) is 26.5. The van der Waals surface area contributed by atoms with Gasteiger partial charge in [0.25, 0.3) is 5.91 Å². The van der Waals surface area contributed by atoms with Crippen LogP contribution < -0.4 is 19.1 Å². The number of rotatable bonds is 8. The molecule has 4 aromatic carbocycles. The molecule has 5 rings (SSSR count). The Morgan fingerprint density at radius 3 is 2.13 bits per heavy atom. The number of hydrogen-bond donors (Lipinski definition) is 0. The van der Waals surface area contributed by atoms with E-state index in [1.54, 1.807) is 12.0 Å². The van der Waals surface area contributed by atoms with Crippen molar-refractivity contribution in [3.63, 3.8) is 0 Å². The Kier molecular flexibility index (Phi) is 7.61. The number of carbonyl (C=O) groups excluding carboxylic acids is 1. The highest BCUT2D eigenvalue weighted by Gasteiger charge is 2.30.